The summed E-state index contributed by atoms with van der Waals surface area (Å²) in [5.74, 6) is -0.873. The highest BCUT2D eigenvalue weighted by Gasteiger charge is 2.23. The van der Waals surface area contributed by atoms with Crippen molar-refractivity contribution < 1.29 is 22.7 Å². The molecule has 0 fully saturated rings. The summed E-state index contributed by atoms with van der Waals surface area (Å²) < 4.78 is 33.7. The van der Waals surface area contributed by atoms with E-state index in [-0.39, 0.29) is 34.7 Å². The number of ether oxygens (including phenoxy) is 1. The number of nitrogens with one attached hydrogen (secondary N) is 1. The van der Waals surface area contributed by atoms with Gasteiger partial charge in [-0.25, -0.2) is 18.2 Å². The molecule has 0 atom stereocenters. The number of thioether (sulfide) groups is 1. The zero-order valence-electron chi connectivity index (χ0n) is 22.1. The molecule has 1 amide bonds. The first-order valence-corrected chi connectivity index (χ1v) is 16.0. The molecule has 3 aromatic carbocycles. The molecule has 13 heteroatoms. The third-order valence-electron chi connectivity index (χ3n) is 5.89. The van der Waals surface area contributed by atoms with Gasteiger partial charge in [0.15, 0.2) is 25.9 Å². The third kappa shape index (κ3) is 6.64. The second kappa shape index (κ2) is 12.2. The van der Waals surface area contributed by atoms with E-state index in [1.54, 1.807) is 54.0 Å². The lowest BCUT2D eigenvalue weighted by atomic mass is 10.2. The van der Waals surface area contributed by atoms with Gasteiger partial charge in [-0.05, 0) is 56.3 Å². The van der Waals surface area contributed by atoms with Gasteiger partial charge < -0.3 is 10.1 Å². The quantitative estimate of drug-likeness (QED) is 0.171. The SMILES string of the molecule is CCOC(=O)c1ccc2nc(NC(=O)CSc3nnc(CS(=O)(=O)c4ccc(C)cc4)n3-c3ccccc3)sc2c1. The van der Waals surface area contributed by atoms with Gasteiger partial charge in [-0.1, -0.05) is 59.0 Å². The Kier molecular flexibility index (Phi) is 8.47. The molecule has 0 aliphatic heterocycles. The summed E-state index contributed by atoms with van der Waals surface area (Å²) in [5.41, 5.74) is 2.70. The van der Waals surface area contributed by atoms with Crippen molar-refractivity contribution in [1.82, 2.24) is 19.7 Å². The van der Waals surface area contributed by atoms with Gasteiger partial charge in [-0.2, -0.15) is 0 Å². The molecule has 2 aromatic heterocycles. The number of thiazole rings is 1. The summed E-state index contributed by atoms with van der Waals surface area (Å²) in [4.78, 5) is 29.5. The zero-order chi connectivity index (χ0) is 29.0. The number of hydrogen-bond acceptors (Lipinski definition) is 10. The summed E-state index contributed by atoms with van der Waals surface area (Å²) in [6.07, 6.45) is 0. The predicted molar refractivity (Wildman–Crippen MR) is 158 cm³/mol. The molecule has 0 radical (unpaired) electrons. The molecular weight excluding hydrogens is 583 g/mol. The maximum absolute atomic E-state index is 13.2. The number of aryl methyl sites for hydroxylation is 1. The largest absolute Gasteiger partial charge is 0.462 e. The maximum atomic E-state index is 13.2. The molecule has 10 nitrogen and oxygen atoms in total. The molecule has 0 bridgehead atoms. The number of sulfone groups is 1. The lowest BCUT2D eigenvalue weighted by Crippen LogP contribution is -2.15. The molecule has 210 valence electrons. The standard InChI is InChI=1S/C28H25N5O5S3/c1-3-38-26(35)19-11-14-22-23(15-19)40-27(29-22)30-25(34)16-39-28-32-31-24(33(28)20-7-5-4-6-8-20)17-41(36,37)21-12-9-18(2)10-13-21/h4-15H,3,16-17H2,1-2H3,(H,29,30,34). The lowest BCUT2D eigenvalue weighted by Gasteiger charge is -2.11. The average Bonchev–Trinajstić information content (AvgIpc) is 3.55. The number of nitrogens with zero attached hydrogens (tertiary/aromatic N) is 4. The van der Waals surface area contributed by atoms with Crippen LogP contribution in [0.5, 0.6) is 0 Å². The highest BCUT2D eigenvalue weighted by atomic mass is 32.2. The first-order chi connectivity index (χ1) is 19.7. The molecule has 41 heavy (non-hydrogen) atoms. The van der Waals surface area contributed by atoms with Crippen molar-refractivity contribution in [3.8, 4) is 5.69 Å². The highest BCUT2D eigenvalue weighted by molar-refractivity contribution is 7.99. The minimum Gasteiger partial charge on any atom is -0.462 e. The second-order valence-corrected chi connectivity index (χ2v) is 12.9. The van der Waals surface area contributed by atoms with Crippen molar-refractivity contribution in [3.05, 3.63) is 89.7 Å². The zero-order valence-corrected chi connectivity index (χ0v) is 24.6. The number of hydrogen-bond donors (Lipinski definition) is 1. The summed E-state index contributed by atoms with van der Waals surface area (Å²) in [7, 11) is -3.69. The number of carbonyl (C=O) groups is 2. The first kappa shape index (κ1) is 28.5. The van der Waals surface area contributed by atoms with Crippen LogP contribution < -0.4 is 5.32 Å². The summed E-state index contributed by atoms with van der Waals surface area (Å²) in [6.45, 7) is 3.91. The van der Waals surface area contributed by atoms with Crippen LogP contribution in [0.3, 0.4) is 0 Å². The van der Waals surface area contributed by atoms with Crippen LogP contribution in [0.15, 0.2) is 82.8 Å². The van der Waals surface area contributed by atoms with E-state index in [2.05, 4.69) is 20.5 Å². The Bertz CT molecular complexity index is 1820. The van der Waals surface area contributed by atoms with Crippen LogP contribution in [0, 0.1) is 6.92 Å². The third-order valence-corrected chi connectivity index (χ3v) is 9.38. The van der Waals surface area contributed by atoms with E-state index in [0.29, 0.717) is 27.1 Å². The van der Waals surface area contributed by atoms with Gasteiger partial charge in [0.25, 0.3) is 0 Å². The van der Waals surface area contributed by atoms with Crippen LogP contribution in [-0.2, 0) is 25.1 Å². The van der Waals surface area contributed by atoms with Crippen molar-refractivity contribution >= 4 is 60.2 Å². The van der Waals surface area contributed by atoms with E-state index in [9.17, 15) is 18.0 Å². The van der Waals surface area contributed by atoms with Crippen molar-refractivity contribution in [2.45, 2.75) is 29.7 Å². The second-order valence-electron chi connectivity index (χ2n) is 8.90. The Balaban J connectivity index is 1.32. The topological polar surface area (TPSA) is 133 Å². The van der Waals surface area contributed by atoms with Crippen molar-refractivity contribution in [3.63, 3.8) is 0 Å². The summed E-state index contributed by atoms with van der Waals surface area (Å²) in [5, 5.41) is 11.9. The molecule has 2 heterocycles. The van der Waals surface area contributed by atoms with E-state index < -0.39 is 15.8 Å². The van der Waals surface area contributed by atoms with Crippen LogP contribution >= 0.6 is 23.1 Å². The van der Waals surface area contributed by atoms with E-state index in [1.165, 1.54) is 11.3 Å². The first-order valence-electron chi connectivity index (χ1n) is 12.5. The summed E-state index contributed by atoms with van der Waals surface area (Å²) >= 11 is 2.38. The van der Waals surface area contributed by atoms with Gasteiger partial charge in [0.2, 0.25) is 5.91 Å². The molecule has 0 aliphatic rings. The van der Waals surface area contributed by atoms with Crippen molar-refractivity contribution in [1.29, 1.82) is 0 Å². The molecule has 5 aromatic rings. The number of benzene rings is 3. The van der Waals surface area contributed by atoms with Crippen LogP contribution in [0.2, 0.25) is 0 Å². The average molecular weight is 608 g/mol. The van der Waals surface area contributed by atoms with Crippen LogP contribution in [0.25, 0.3) is 15.9 Å². The smallest absolute Gasteiger partial charge is 0.338 e. The Morgan fingerprint density at radius 1 is 1.02 bits per heavy atom. The Labute approximate surface area is 244 Å². The van der Waals surface area contributed by atoms with Crippen LogP contribution in [0.1, 0.15) is 28.7 Å². The van der Waals surface area contributed by atoms with Crippen LogP contribution in [0.4, 0.5) is 5.13 Å². The highest BCUT2D eigenvalue weighted by Crippen LogP contribution is 2.28. The number of amides is 1. The Hall–Kier alpha value is -4.07. The fraction of sp³-hybridized carbons (Fsp3) is 0.179. The van der Waals surface area contributed by atoms with E-state index in [1.807, 2.05) is 37.3 Å². The molecule has 0 saturated carbocycles. The molecule has 0 aliphatic carbocycles. The van der Waals surface area contributed by atoms with Gasteiger partial charge >= 0.3 is 5.97 Å². The van der Waals surface area contributed by atoms with Gasteiger partial charge in [0.1, 0.15) is 5.75 Å². The monoisotopic (exact) mass is 607 g/mol. The normalized spacial score (nSPS) is 11.5. The summed E-state index contributed by atoms with van der Waals surface area (Å²) in [6, 6.07) is 20.8. The lowest BCUT2D eigenvalue weighted by molar-refractivity contribution is -0.113. The van der Waals surface area contributed by atoms with E-state index >= 15 is 0 Å². The molecule has 1 N–H and O–H groups in total. The molecular formula is C28H25N5O5S3. The predicted octanol–water partition coefficient (Wildman–Crippen LogP) is 5.07. The molecule has 5 rings (SSSR count). The molecule has 0 spiro atoms. The number of fused-ring (bicyclic) bond motifs is 1. The maximum Gasteiger partial charge on any atom is 0.338 e. The van der Waals surface area contributed by atoms with E-state index in [0.717, 1.165) is 22.0 Å². The van der Waals surface area contributed by atoms with Crippen molar-refractivity contribution in [2.75, 3.05) is 17.7 Å². The number of rotatable bonds is 10. The minimum atomic E-state index is -3.69. The van der Waals surface area contributed by atoms with Crippen molar-refractivity contribution in [2.24, 2.45) is 0 Å². The Morgan fingerprint density at radius 2 is 1.78 bits per heavy atom. The van der Waals surface area contributed by atoms with Gasteiger partial charge in [-0.15, -0.1) is 10.2 Å². The van der Waals surface area contributed by atoms with E-state index in [4.69, 9.17) is 4.74 Å². The van der Waals surface area contributed by atoms with Gasteiger partial charge in [0.05, 0.1) is 33.0 Å². The fourth-order valence-electron chi connectivity index (χ4n) is 3.93. The minimum absolute atomic E-state index is 0.0142. The van der Waals surface area contributed by atoms with Crippen LogP contribution in [-0.4, -0.2) is 52.4 Å². The molecule has 0 saturated heterocycles. The number of anilines is 1. The molecule has 0 unspecified atom stereocenters. The number of aromatic nitrogens is 4. The van der Waals surface area contributed by atoms with Gasteiger partial charge in [0, 0.05) is 5.69 Å². The fourth-order valence-corrected chi connectivity index (χ4v) is 6.86. The van der Waals surface area contributed by atoms with Gasteiger partial charge in [-0.3, -0.25) is 9.36 Å². The number of para-hydroxylation sites is 1. The number of carbonyl (C=O) groups excluding carboxylic acids is 2. The number of esters is 1. The Morgan fingerprint density at radius 3 is 2.51 bits per heavy atom.